The molecule has 1 aromatic heterocycles. The summed E-state index contributed by atoms with van der Waals surface area (Å²) >= 11 is 1.49. The van der Waals surface area contributed by atoms with Crippen molar-refractivity contribution in [2.75, 3.05) is 7.11 Å². The molecule has 0 aliphatic carbocycles. The van der Waals surface area contributed by atoms with Gasteiger partial charge in [-0.2, -0.15) is 4.99 Å². The average molecular weight is 500 g/mol. The molecule has 0 saturated heterocycles. The van der Waals surface area contributed by atoms with Crippen molar-refractivity contribution in [1.29, 1.82) is 0 Å². The van der Waals surface area contributed by atoms with Crippen LogP contribution in [0.4, 0.5) is 0 Å². The van der Waals surface area contributed by atoms with E-state index in [4.69, 9.17) is 4.74 Å². The van der Waals surface area contributed by atoms with E-state index >= 15 is 0 Å². The topological polar surface area (TPSA) is 72.7 Å². The molecule has 1 heterocycles. The van der Waals surface area contributed by atoms with Gasteiger partial charge in [-0.25, -0.2) is 0 Å². The molecule has 0 fully saturated rings. The maximum absolute atomic E-state index is 12.8. The highest BCUT2D eigenvalue weighted by molar-refractivity contribution is 7.09. The summed E-state index contributed by atoms with van der Waals surface area (Å²) in [5, 5.41) is 3.04. The number of aryl methyl sites for hydroxylation is 1. The van der Waals surface area contributed by atoms with Crippen LogP contribution in [0.25, 0.3) is 0 Å². The van der Waals surface area contributed by atoms with Crippen LogP contribution in [0.2, 0.25) is 0 Å². The number of benzene rings is 3. The molecule has 3 aromatic carbocycles. The minimum Gasteiger partial charge on any atom is -0.497 e. The van der Waals surface area contributed by atoms with Crippen molar-refractivity contribution >= 4 is 23.2 Å². The van der Waals surface area contributed by atoms with Crippen LogP contribution in [0.3, 0.4) is 0 Å². The lowest BCUT2D eigenvalue weighted by atomic mass is 10.1. The largest absolute Gasteiger partial charge is 0.497 e. The first-order chi connectivity index (χ1) is 17.4. The molecule has 36 heavy (non-hydrogen) atoms. The summed E-state index contributed by atoms with van der Waals surface area (Å²) in [4.78, 5) is 31.7. The lowest BCUT2D eigenvalue weighted by Gasteiger charge is -2.14. The molecular formula is C29H29N3O3S. The van der Waals surface area contributed by atoms with Crippen LogP contribution in [-0.4, -0.2) is 23.5 Å². The van der Waals surface area contributed by atoms with E-state index in [0.29, 0.717) is 28.2 Å². The predicted octanol–water partition coefficient (Wildman–Crippen LogP) is 5.46. The van der Waals surface area contributed by atoms with Crippen molar-refractivity contribution in [3.63, 3.8) is 0 Å². The number of ether oxygens (including phenoxy) is 1. The van der Waals surface area contributed by atoms with E-state index in [9.17, 15) is 9.59 Å². The van der Waals surface area contributed by atoms with Crippen molar-refractivity contribution < 1.29 is 14.3 Å². The van der Waals surface area contributed by atoms with Gasteiger partial charge in [0.2, 0.25) is 0 Å². The van der Waals surface area contributed by atoms with Crippen molar-refractivity contribution in [2.45, 2.75) is 33.4 Å². The van der Waals surface area contributed by atoms with E-state index in [1.54, 1.807) is 31.4 Å². The number of thiazole rings is 1. The SMILES string of the molecule is COc1cccc(C(=O)N=c2sc(C)c(C)n2Cc2ccc(C(=O)N[C@@H](C)c3ccccc3)cc2)c1. The summed E-state index contributed by atoms with van der Waals surface area (Å²) in [7, 11) is 1.57. The fourth-order valence-electron chi connectivity index (χ4n) is 3.83. The molecule has 0 unspecified atom stereocenters. The maximum Gasteiger partial charge on any atom is 0.279 e. The number of nitrogens with one attached hydrogen (secondary N) is 1. The van der Waals surface area contributed by atoms with Crippen LogP contribution in [0.5, 0.6) is 5.75 Å². The van der Waals surface area contributed by atoms with E-state index in [2.05, 4.69) is 10.3 Å². The van der Waals surface area contributed by atoms with Gasteiger partial charge in [-0.1, -0.05) is 48.5 Å². The van der Waals surface area contributed by atoms with Gasteiger partial charge in [-0.05, 0) is 62.2 Å². The summed E-state index contributed by atoms with van der Waals surface area (Å²) in [5.41, 5.74) is 4.20. The molecule has 0 aliphatic heterocycles. The minimum absolute atomic E-state index is 0.0864. The third kappa shape index (κ3) is 5.80. The Bertz CT molecular complexity index is 1440. The van der Waals surface area contributed by atoms with Crippen molar-refractivity contribution in [3.8, 4) is 5.75 Å². The third-order valence-electron chi connectivity index (χ3n) is 6.11. The number of aromatic nitrogens is 1. The zero-order chi connectivity index (χ0) is 25.7. The number of methoxy groups -OCH3 is 1. The van der Waals surface area contributed by atoms with E-state index in [1.807, 2.05) is 79.9 Å². The number of rotatable bonds is 7. The Morgan fingerprint density at radius 3 is 2.39 bits per heavy atom. The monoisotopic (exact) mass is 499 g/mol. The van der Waals surface area contributed by atoms with Gasteiger partial charge in [-0.3, -0.25) is 9.59 Å². The second-order valence-corrected chi connectivity index (χ2v) is 9.75. The number of amides is 2. The molecular weight excluding hydrogens is 470 g/mol. The number of nitrogens with zero attached hydrogens (tertiary/aromatic N) is 2. The van der Waals surface area contributed by atoms with Gasteiger partial charge < -0.3 is 14.6 Å². The summed E-state index contributed by atoms with van der Waals surface area (Å²) in [6, 6.07) is 24.3. The third-order valence-corrected chi connectivity index (χ3v) is 7.20. The fourth-order valence-corrected chi connectivity index (χ4v) is 4.80. The van der Waals surface area contributed by atoms with Gasteiger partial charge in [0.25, 0.3) is 11.8 Å². The smallest absolute Gasteiger partial charge is 0.279 e. The Balaban J connectivity index is 1.52. The highest BCUT2D eigenvalue weighted by atomic mass is 32.1. The van der Waals surface area contributed by atoms with E-state index in [1.165, 1.54) is 11.3 Å². The fraction of sp³-hybridized carbons (Fsp3) is 0.207. The molecule has 1 atom stereocenters. The van der Waals surface area contributed by atoms with Crippen molar-refractivity contribution in [3.05, 3.63) is 116 Å². The summed E-state index contributed by atoms with van der Waals surface area (Å²) in [6.07, 6.45) is 0. The standard InChI is InChI=1S/C29H29N3O3S/c1-19(23-9-6-5-7-10-23)30-27(33)24-15-13-22(14-16-24)18-32-20(2)21(3)36-29(32)31-28(34)25-11-8-12-26(17-25)35-4/h5-17,19H,18H2,1-4H3,(H,30,33)/t19-/m0/s1. The predicted molar refractivity (Wildman–Crippen MR) is 143 cm³/mol. The Morgan fingerprint density at radius 1 is 0.972 bits per heavy atom. The zero-order valence-corrected chi connectivity index (χ0v) is 21.6. The second kappa shape index (κ2) is 11.2. The van der Waals surface area contributed by atoms with Crippen LogP contribution in [0.1, 0.15) is 55.4 Å². The minimum atomic E-state index is -0.316. The highest BCUT2D eigenvalue weighted by Crippen LogP contribution is 2.17. The second-order valence-electron chi connectivity index (χ2n) is 8.56. The summed E-state index contributed by atoms with van der Waals surface area (Å²) in [5.74, 6) is 0.181. The van der Waals surface area contributed by atoms with Crippen LogP contribution in [0, 0.1) is 13.8 Å². The summed E-state index contributed by atoms with van der Waals surface area (Å²) in [6.45, 7) is 6.56. The van der Waals surface area contributed by atoms with Gasteiger partial charge >= 0.3 is 0 Å². The molecule has 0 bridgehead atoms. The van der Waals surface area contributed by atoms with Gasteiger partial charge in [-0.15, -0.1) is 11.3 Å². The molecule has 4 rings (SSSR count). The Labute approximate surface area is 214 Å². The molecule has 0 aliphatic rings. The van der Waals surface area contributed by atoms with Crippen LogP contribution < -0.4 is 14.9 Å². The normalized spacial score (nSPS) is 12.3. The number of hydrogen-bond donors (Lipinski definition) is 1. The number of hydrogen-bond acceptors (Lipinski definition) is 4. The Kier molecular flexibility index (Phi) is 7.80. The maximum atomic E-state index is 12.8. The van der Waals surface area contributed by atoms with Gasteiger partial charge in [0.15, 0.2) is 4.80 Å². The Hall–Kier alpha value is -3.97. The first kappa shape index (κ1) is 25.1. The lowest BCUT2D eigenvalue weighted by Crippen LogP contribution is -2.26. The quantitative estimate of drug-likeness (QED) is 0.367. The van der Waals surface area contributed by atoms with Crippen LogP contribution >= 0.6 is 11.3 Å². The first-order valence-electron chi connectivity index (χ1n) is 11.7. The van der Waals surface area contributed by atoms with Gasteiger partial charge in [0.05, 0.1) is 19.7 Å². The molecule has 2 amide bonds. The summed E-state index contributed by atoms with van der Waals surface area (Å²) < 4.78 is 7.26. The van der Waals surface area contributed by atoms with Crippen LogP contribution in [-0.2, 0) is 6.54 Å². The van der Waals surface area contributed by atoms with Gasteiger partial charge in [0, 0.05) is 21.7 Å². The van der Waals surface area contributed by atoms with E-state index < -0.39 is 0 Å². The molecule has 1 N–H and O–H groups in total. The molecule has 0 radical (unpaired) electrons. The molecule has 6 nitrogen and oxygen atoms in total. The van der Waals surface area contributed by atoms with Crippen molar-refractivity contribution in [2.24, 2.45) is 4.99 Å². The van der Waals surface area contributed by atoms with Crippen LogP contribution in [0.15, 0.2) is 83.9 Å². The number of carbonyl (C=O) groups excluding carboxylic acids is 2. The first-order valence-corrected chi connectivity index (χ1v) is 12.5. The molecule has 4 aromatic rings. The highest BCUT2D eigenvalue weighted by Gasteiger charge is 2.13. The van der Waals surface area contributed by atoms with E-state index in [0.717, 1.165) is 21.7 Å². The lowest BCUT2D eigenvalue weighted by molar-refractivity contribution is 0.0938. The van der Waals surface area contributed by atoms with E-state index in [-0.39, 0.29) is 17.9 Å². The number of carbonyl (C=O) groups is 2. The molecule has 0 spiro atoms. The molecule has 184 valence electrons. The molecule has 7 heteroatoms. The average Bonchev–Trinajstić information content (AvgIpc) is 3.16. The van der Waals surface area contributed by atoms with Gasteiger partial charge in [0.1, 0.15) is 5.75 Å². The van der Waals surface area contributed by atoms with Crippen molar-refractivity contribution in [1.82, 2.24) is 9.88 Å². The molecule has 0 saturated carbocycles. The zero-order valence-electron chi connectivity index (χ0n) is 20.8. The Morgan fingerprint density at radius 2 is 1.69 bits per heavy atom.